The van der Waals surface area contributed by atoms with Gasteiger partial charge in [-0.1, -0.05) is 173 Å². The molecule has 0 aliphatic rings. The van der Waals surface area contributed by atoms with E-state index in [0.29, 0.717) is 0 Å². The number of aryl methyl sites for hydroxylation is 4. The van der Waals surface area contributed by atoms with Crippen molar-refractivity contribution in [1.29, 1.82) is 0 Å². The van der Waals surface area contributed by atoms with Crippen LogP contribution in [0.1, 0.15) is 72.2 Å². The van der Waals surface area contributed by atoms with Crippen LogP contribution in [0.2, 0.25) is 0 Å². The minimum absolute atomic E-state index is 0.150. The minimum Gasteiger partial charge on any atom is -0.310 e. The molecule has 2 heteroatoms. The van der Waals surface area contributed by atoms with Crippen molar-refractivity contribution in [1.82, 2.24) is 0 Å². The Hall–Kier alpha value is -7.42. The molecule has 0 aliphatic carbocycles. The Balaban J connectivity index is 1.19. The summed E-state index contributed by atoms with van der Waals surface area (Å²) in [7, 11) is 0. The first-order chi connectivity index (χ1) is 31.9. The summed E-state index contributed by atoms with van der Waals surface area (Å²) in [6.45, 7) is 18.1. The fourth-order valence-electron chi connectivity index (χ4n) is 9.96. The first kappa shape index (κ1) is 42.5. The molecule has 10 rings (SSSR count). The first-order valence-corrected chi connectivity index (χ1v) is 23.3. The molecule has 0 heterocycles. The number of hydrogen-bond acceptors (Lipinski definition) is 2. The molecule has 0 atom stereocenters. The number of benzene rings is 10. The molecule has 0 aliphatic heterocycles. The maximum absolute atomic E-state index is 2.47. The van der Waals surface area contributed by atoms with E-state index in [4.69, 9.17) is 0 Å². The van der Waals surface area contributed by atoms with E-state index in [-0.39, 0.29) is 10.8 Å². The highest BCUT2D eigenvalue weighted by Gasteiger charge is 2.27. The topological polar surface area (TPSA) is 6.48 Å². The molecule has 66 heavy (non-hydrogen) atoms. The van der Waals surface area contributed by atoms with Gasteiger partial charge in [0, 0.05) is 44.4 Å². The molecule has 324 valence electrons. The van der Waals surface area contributed by atoms with Crippen molar-refractivity contribution in [2.75, 3.05) is 9.80 Å². The summed E-state index contributed by atoms with van der Waals surface area (Å²) < 4.78 is 0. The van der Waals surface area contributed by atoms with E-state index in [0.717, 1.165) is 34.1 Å². The van der Waals surface area contributed by atoms with Gasteiger partial charge in [0.15, 0.2) is 0 Å². The maximum Gasteiger partial charge on any atom is 0.0546 e. The molecule has 10 aromatic rings. The zero-order valence-corrected chi connectivity index (χ0v) is 39.5. The van der Waals surface area contributed by atoms with Gasteiger partial charge in [0.1, 0.15) is 0 Å². The molecule has 0 saturated heterocycles. The van der Waals surface area contributed by atoms with Gasteiger partial charge in [-0.3, -0.25) is 0 Å². The molecular weight excluding hydrogens is 797 g/mol. The van der Waals surface area contributed by atoms with Gasteiger partial charge >= 0.3 is 0 Å². The van der Waals surface area contributed by atoms with E-state index in [2.05, 4.69) is 271 Å². The molecule has 0 bridgehead atoms. The lowest BCUT2D eigenvalue weighted by atomic mass is 9.78. The molecule has 0 N–H and O–H groups in total. The van der Waals surface area contributed by atoms with E-state index >= 15 is 0 Å². The van der Waals surface area contributed by atoms with Crippen molar-refractivity contribution in [3.8, 4) is 0 Å². The maximum atomic E-state index is 2.47. The quantitative estimate of drug-likeness (QED) is 0.126. The summed E-state index contributed by atoms with van der Waals surface area (Å²) in [6, 6.07) is 76.8. The Morgan fingerprint density at radius 3 is 0.909 bits per heavy atom. The molecule has 0 saturated carbocycles. The second kappa shape index (κ2) is 16.9. The summed E-state index contributed by atoms with van der Waals surface area (Å²) in [4.78, 5) is 4.94. The minimum atomic E-state index is -0.150. The highest BCUT2D eigenvalue weighted by Crippen LogP contribution is 2.48. The van der Waals surface area contributed by atoms with Crippen LogP contribution < -0.4 is 9.80 Å². The van der Waals surface area contributed by atoms with E-state index in [1.807, 2.05) is 0 Å². The van der Waals surface area contributed by atoms with Gasteiger partial charge in [-0.25, -0.2) is 0 Å². The van der Waals surface area contributed by atoms with Crippen LogP contribution in [0.3, 0.4) is 0 Å². The SMILES string of the molecule is Cc1ccc(N(c2ccc(C(C)(C)c3ccccc3)cc2)c2cc3c4ccccc4c(N(c4ccc(C(C)(C)c5ccccc5)cc4)c4ccc(C)c(C)c4)cc3c3ccccc23)cc1C. The van der Waals surface area contributed by atoms with Crippen LogP contribution >= 0.6 is 0 Å². The lowest BCUT2D eigenvalue weighted by molar-refractivity contribution is 0.641. The lowest BCUT2D eigenvalue weighted by Gasteiger charge is -2.31. The third kappa shape index (κ3) is 7.51. The van der Waals surface area contributed by atoms with E-state index in [9.17, 15) is 0 Å². The molecule has 0 fully saturated rings. The summed E-state index contributed by atoms with van der Waals surface area (Å²) in [5.41, 5.74) is 16.8. The van der Waals surface area contributed by atoms with Crippen molar-refractivity contribution in [2.24, 2.45) is 0 Å². The van der Waals surface area contributed by atoms with Crippen molar-refractivity contribution in [2.45, 2.75) is 66.2 Å². The Morgan fingerprint density at radius 1 is 0.258 bits per heavy atom. The fourth-order valence-corrected chi connectivity index (χ4v) is 9.96. The van der Waals surface area contributed by atoms with Crippen LogP contribution in [-0.2, 0) is 10.8 Å². The Morgan fingerprint density at radius 2 is 0.561 bits per heavy atom. The number of nitrogens with zero attached hydrogens (tertiary/aromatic N) is 2. The van der Waals surface area contributed by atoms with Crippen LogP contribution in [0.15, 0.2) is 206 Å². The van der Waals surface area contributed by atoms with E-state index < -0.39 is 0 Å². The smallest absolute Gasteiger partial charge is 0.0546 e. The Bertz CT molecular complexity index is 3150. The summed E-state index contributed by atoms with van der Waals surface area (Å²) >= 11 is 0. The third-order valence-corrected chi connectivity index (χ3v) is 14.5. The summed E-state index contributed by atoms with van der Waals surface area (Å²) in [6.07, 6.45) is 0. The largest absolute Gasteiger partial charge is 0.310 e. The summed E-state index contributed by atoms with van der Waals surface area (Å²) in [5.74, 6) is 0. The zero-order chi connectivity index (χ0) is 45.7. The van der Waals surface area contributed by atoms with E-state index in [1.54, 1.807) is 0 Å². The van der Waals surface area contributed by atoms with Crippen LogP contribution in [0.5, 0.6) is 0 Å². The average Bonchev–Trinajstić information content (AvgIpc) is 3.35. The first-order valence-electron chi connectivity index (χ1n) is 23.3. The van der Waals surface area contributed by atoms with Crippen LogP contribution in [-0.4, -0.2) is 0 Å². The van der Waals surface area contributed by atoms with Crippen molar-refractivity contribution >= 4 is 66.4 Å². The molecule has 2 nitrogen and oxygen atoms in total. The molecule has 10 aromatic carbocycles. The normalized spacial score (nSPS) is 11.9. The average molecular weight is 855 g/mol. The van der Waals surface area contributed by atoms with Crippen LogP contribution in [0, 0.1) is 27.7 Å². The predicted octanol–water partition coefficient (Wildman–Crippen LogP) is 18.0. The second-order valence-corrected chi connectivity index (χ2v) is 19.3. The van der Waals surface area contributed by atoms with Gasteiger partial charge in [0.05, 0.1) is 11.4 Å². The van der Waals surface area contributed by atoms with Crippen molar-refractivity contribution in [3.05, 3.63) is 251 Å². The second-order valence-electron chi connectivity index (χ2n) is 19.3. The molecule has 0 aromatic heterocycles. The number of hydrogen-bond donors (Lipinski definition) is 0. The standard InChI is InChI=1S/C64H58N2/c1-43-27-33-53(39-45(43)3)65(51-35-29-49(30-36-51)63(5,6)47-19-11-9-12-20-47)61-41-59-56-24-16-18-26-58(56)62(42-60(59)55-23-15-17-25-57(55)61)66(54-34-28-44(2)46(4)40-54)52-37-31-50(32-38-52)64(7,8)48-21-13-10-14-22-48/h9-42H,1-8H3. The predicted molar refractivity (Wildman–Crippen MR) is 284 cm³/mol. The van der Waals surface area contributed by atoms with Crippen molar-refractivity contribution in [3.63, 3.8) is 0 Å². The fraction of sp³-hybridized carbons (Fsp3) is 0.156. The Kier molecular flexibility index (Phi) is 10.9. The van der Waals surface area contributed by atoms with Gasteiger partial charge in [-0.05, 0) is 154 Å². The molecule has 0 spiro atoms. The molecule has 0 radical (unpaired) electrons. The van der Waals surface area contributed by atoms with Gasteiger partial charge in [0.25, 0.3) is 0 Å². The van der Waals surface area contributed by atoms with Gasteiger partial charge < -0.3 is 9.80 Å². The molecule has 0 amide bonds. The van der Waals surface area contributed by atoms with Gasteiger partial charge in [-0.15, -0.1) is 0 Å². The number of fused-ring (bicyclic) bond motifs is 5. The monoisotopic (exact) mass is 854 g/mol. The molecular formula is C64H58N2. The molecule has 0 unspecified atom stereocenters. The number of rotatable bonds is 10. The highest BCUT2D eigenvalue weighted by molar-refractivity contribution is 6.24. The summed E-state index contributed by atoms with van der Waals surface area (Å²) in [5, 5.41) is 7.27. The Labute approximate surface area is 391 Å². The van der Waals surface area contributed by atoms with Crippen molar-refractivity contribution < 1.29 is 0 Å². The lowest BCUT2D eigenvalue weighted by Crippen LogP contribution is -2.19. The van der Waals surface area contributed by atoms with Crippen LogP contribution in [0.4, 0.5) is 34.1 Å². The number of anilines is 6. The van der Waals surface area contributed by atoms with Gasteiger partial charge in [0.2, 0.25) is 0 Å². The third-order valence-electron chi connectivity index (χ3n) is 14.5. The van der Waals surface area contributed by atoms with Gasteiger partial charge in [-0.2, -0.15) is 0 Å². The van der Waals surface area contributed by atoms with Crippen LogP contribution in [0.25, 0.3) is 32.3 Å². The highest BCUT2D eigenvalue weighted by atomic mass is 15.2. The van der Waals surface area contributed by atoms with E-state index in [1.165, 1.54) is 76.8 Å². The zero-order valence-electron chi connectivity index (χ0n) is 39.5.